The third-order valence-corrected chi connectivity index (χ3v) is 4.14. The van der Waals surface area contributed by atoms with E-state index in [0.717, 1.165) is 22.6 Å². The minimum absolute atomic E-state index is 0.150. The first-order chi connectivity index (χ1) is 10.8. The molecule has 1 aromatic heterocycles. The first-order valence-corrected chi connectivity index (χ1v) is 7.65. The summed E-state index contributed by atoms with van der Waals surface area (Å²) in [6, 6.07) is 7.62. The number of nitrogens with one attached hydrogen (secondary N) is 1. The van der Waals surface area contributed by atoms with Crippen molar-refractivity contribution in [3.05, 3.63) is 58.8 Å². The smallest absolute Gasteiger partial charge is 0.318 e. The van der Waals surface area contributed by atoms with Crippen molar-refractivity contribution in [3.63, 3.8) is 0 Å². The molecule has 23 heavy (non-hydrogen) atoms. The number of carbonyl (C=O) groups is 1. The van der Waals surface area contributed by atoms with E-state index in [1.165, 1.54) is 12.1 Å². The van der Waals surface area contributed by atoms with Crippen LogP contribution in [-0.2, 0) is 0 Å². The summed E-state index contributed by atoms with van der Waals surface area (Å²) < 4.78 is 18.5. The van der Waals surface area contributed by atoms with Gasteiger partial charge in [-0.05, 0) is 51.5 Å². The zero-order chi connectivity index (χ0) is 17.1. The maximum Gasteiger partial charge on any atom is 0.318 e. The number of hydrogen-bond donors (Lipinski definition) is 1. The van der Waals surface area contributed by atoms with Crippen molar-refractivity contribution in [1.82, 2.24) is 10.2 Å². The highest BCUT2D eigenvalue weighted by molar-refractivity contribution is 5.75. The lowest BCUT2D eigenvalue weighted by molar-refractivity contribution is 0.191. The maximum absolute atomic E-state index is 13.0. The quantitative estimate of drug-likeness (QED) is 0.902. The van der Waals surface area contributed by atoms with Crippen molar-refractivity contribution >= 4 is 6.03 Å². The second-order valence-corrected chi connectivity index (χ2v) is 5.88. The standard InChI is InChI=1S/C18H23FN2O2/c1-11-10-17(14(4)23-11)12(2)20-18(22)21(5)13(3)15-6-8-16(19)9-7-15/h6-10,12-13H,1-5H3,(H,20,22). The highest BCUT2D eigenvalue weighted by Crippen LogP contribution is 2.23. The molecule has 2 amide bonds. The van der Waals surface area contributed by atoms with Crippen LogP contribution in [0.5, 0.6) is 0 Å². The Kier molecular flexibility index (Phi) is 5.08. The van der Waals surface area contributed by atoms with Crippen LogP contribution in [0.2, 0.25) is 0 Å². The summed E-state index contributed by atoms with van der Waals surface area (Å²) in [7, 11) is 1.73. The highest BCUT2D eigenvalue weighted by Gasteiger charge is 2.21. The molecular weight excluding hydrogens is 295 g/mol. The molecule has 1 heterocycles. The molecule has 0 spiro atoms. The molecule has 0 aliphatic rings. The highest BCUT2D eigenvalue weighted by atomic mass is 19.1. The molecule has 2 aromatic rings. The fourth-order valence-electron chi connectivity index (χ4n) is 2.59. The molecule has 0 aliphatic heterocycles. The zero-order valence-electron chi connectivity index (χ0n) is 14.2. The minimum Gasteiger partial charge on any atom is -0.466 e. The van der Waals surface area contributed by atoms with Crippen LogP contribution in [0.4, 0.5) is 9.18 Å². The molecule has 0 fully saturated rings. The van der Waals surface area contributed by atoms with Crippen LogP contribution >= 0.6 is 0 Å². The Morgan fingerprint density at radius 1 is 1.22 bits per heavy atom. The normalized spacial score (nSPS) is 13.5. The lowest BCUT2D eigenvalue weighted by Crippen LogP contribution is -2.40. The van der Waals surface area contributed by atoms with Gasteiger partial charge in [0.25, 0.3) is 0 Å². The Bertz CT molecular complexity index is 679. The molecule has 1 aromatic carbocycles. The zero-order valence-corrected chi connectivity index (χ0v) is 14.2. The van der Waals surface area contributed by atoms with Crippen LogP contribution in [0.15, 0.2) is 34.7 Å². The average Bonchev–Trinajstić information content (AvgIpc) is 2.85. The van der Waals surface area contributed by atoms with E-state index in [2.05, 4.69) is 5.32 Å². The number of hydrogen-bond acceptors (Lipinski definition) is 2. The molecular formula is C18H23FN2O2. The molecule has 0 radical (unpaired) electrons. The average molecular weight is 318 g/mol. The number of nitrogens with zero attached hydrogens (tertiary/aromatic N) is 1. The minimum atomic E-state index is -0.285. The van der Waals surface area contributed by atoms with E-state index >= 15 is 0 Å². The van der Waals surface area contributed by atoms with Crippen molar-refractivity contribution < 1.29 is 13.6 Å². The topological polar surface area (TPSA) is 45.5 Å². The molecule has 1 N–H and O–H groups in total. The van der Waals surface area contributed by atoms with Crippen LogP contribution < -0.4 is 5.32 Å². The van der Waals surface area contributed by atoms with Crippen LogP contribution in [-0.4, -0.2) is 18.0 Å². The summed E-state index contributed by atoms with van der Waals surface area (Å²) in [4.78, 5) is 14.0. The van der Waals surface area contributed by atoms with Gasteiger partial charge in [-0.1, -0.05) is 12.1 Å². The number of carbonyl (C=O) groups excluding carboxylic acids is 1. The number of urea groups is 1. The van der Waals surface area contributed by atoms with Crippen molar-refractivity contribution in [3.8, 4) is 0 Å². The largest absolute Gasteiger partial charge is 0.466 e. The summed E-state index contributed by atoms with van der Waals surface area (Å²) in [5.74, 6) is 1.35. The van der Waals surface area contributed by atoms with E-state index in [9.17, 15) is 9.18 Å². The SMILES string of the molecule is Cc1cc(C(C)NC(=O)N(C)C(C)c2ccc(F)cc2)c(C)o1. The van der Waals surface area contributed by atoms with E-state index in [4.69, 9.17) is 4.42 Å². The van der Waals surface area contributed by atoms with E-state index < -0.39 is 0 Å². The van der Waals surface area contributed by atoms with Crippen molar-refractivity contribution in [2.45, 2.75) is 39.8 Å². The number of halogens is 1. The van der Waals surface area contributed by atoms with E-state index in [0.29, 0.717) is 0 Å². The van der Waals surface area contributed by atoms with Gasteiger partial charge < -0.3 is 14.6 Å². The van der Waals surface area contributed by atoms with Gasteiger partial charge in [-0.25, -0.2) is 9.18 Å². The van der Waals surface area contributed by atoms with E-state index in [1.54, 1.807) is 24.1 Å². The van der Waals surface area contributed by atoms with Gasteiger partial charge in [0.1, 0.15) is 17.3 Å². The molecule has 0 saturated carbocycles. The number of benzene rings is 1. The Morgan fingerprint density at radius 3 is 2.35 bits per heavy atom. The van der Waals surface area contributed by atoms with Gasteiger partial charge in [-0.2, -0.15) is 0 Å². The second kappa shape index (κ2) is 6.86. The molecule has 4 nitrogen and oxygen atoms in total. The number of aryl methyl sites for hydroxylation is 2. The third-order valence-electron chi connectivity index (χ3n) is 4.14. The third kappa shape index (κ3) is 3.92. The van der Waals surface area contributed by atoms with Crippen molar-refractivity contribution in [2.24, 2.45) is 0 Å². The molecule has 0 saturated heterocycles. The molecule has 2 rings (SSSR count). The molecule has 2 atom stereocenters. The first kappa shape index (κ1) is 17.1. The summed E-state index contributed by atoms with van der Waals surface area (Å²) >= 11 is 0. The summed E-state index contributed by atoms with van der Waals surface area (Å²) in [5, 5.41) is 2.97. The first-order valence-electron chi connectivity index (χ1n) is 7.65. The fourth-order valence-corrected chi connectivity index (χ4v) is 2.59. The lowest BCUT2D eigenvalue weighted by atomic mass is 10.1. The summed E-state index contributed by atoms with van der Waals surface area (Å²) in [6.45, 7) is 7.60. The number of amides is 2. The predicted octanol–water partition coefficient (Wildman–Crippen LogP) is 4.50. The Morgan fingerprint density at radius 2 is 1.83 bits per heavy atom. The molecule has 2 unspecified atom stereocenters. The fraction of sp³-hybridized carbons (Fsp3) is 0.389. The van der Waals surface area contributed by atoms with Crippen LogP contribution in [0, 0.1) is 19.7 Å². The van der Waals surface area contributed by atoms with Crippen LogP contribution in [0.25, 0.3) is 0 Å². The molecule has 5 heteroatoms. The Balaban J connectivity index is 2.04. The van der Waals surface area contributed by atoms with Crippen LogP contribution in [0.1, 0.15) is 48.6 Å². The Labute approximate surface area is 136 Å². The van der Waals surface area contributed by atoms with Gasteiger partial charge in [0.2, 0.25) is 0 Å². The number of rotatable bonds is 4. The molecule has 0 bridgehead atoms. The van der Waals surface area contributed by atoms with Gasteiger partial charge in [0.15, 0.2) is 0 Å². The van der Waals surface area contributed by atoms with Gasteiger partial charge in [0, 0.05) is 12.6 Å². The second-order valence-electron chi connectivity index (χ2n) is 5.88. The van der Waals surface area contributed by atoms with Gasteiger partial charge in [-0.15, -0.1) is 0 Å². The van der Waals surface area contributed by atoms with Crippen LogP contribution in [0.3, 0.4) is 0 Å². The predicted molar refractivity (Wildman–Crippen MR) is 87.7 cm³/mol. The van der Waals surface area contributed by atoms with Gasteiger partial charge >= 0.3 is 6.03 Å². The molecule has 0 aliphatic carbocycles. The molecule has 124 valence electrons. The summed E-state index contributed by atoms with van der Waals surface area (Å²) in [5.41, 5.74) is 1.85. The number of furan rings is 1. The van der Waals surface area contributed by atoms with Gasteiger partial charge in [0.05, 0.1) is 12.1 Å². The maximum atomic E-state index is 13.0. The summed E-state index contributed by atoms with van der Waals surface area (Å²) in [6.07, 6.45) is 0. The van der Waals surface area contributed by atoms with Gasteiger partial charge in [-0.3, -0.25) is 0 Å². The van der Waals surface area contributed by atoms with Crippen molar-refractivity contribution in [1.29, 1.82) is 0 Å². The lowest BCUT2D eigenvalue weighted by Gasteiger charge is -2.27. The van der Waals surface area contributed by atoms with E-state index in [-0.39, 0.29) is 23.9 Å². The Hall–Kier alpha value is -2.30. The monoisotopic (exact) mass is 318 g/mol. The van der Waals surface area contributed by atoms with E-state index in [1.807, 2.05) is 33.8 Å². The van der Waals surface area contributed by atoms with Crippen molar-refractivity contribution in [2.75, 3.05) is 7.05 Å².